The van der Waals surface area contributed by atoms with Gasteiger partial charge in [-0.3, -0.25) is 0 Å². The molecule has 2 saturated heterocycles. The van der Waals surface area contributed by atoms with E-state index in [4.69, 9.17) is 24.1 Å². The van der Waals surface area contributed by atoms with E-state index in [0.717, 1.165) is 46.8 Å². The van der Waals surface area contributed by atoms with E-state index in [9.17, 15) is 0 Å². The number of hydrogen-bond donors (Lipinski definition) is 0. The molecule has 0 aromatic heterocycles. The van der Waals surface area contributed by atoms with Crippen LogP contribution in [0.25, 0.3) is 0 Å². The zero-order chi connectivity index (χ0) is 22.0. The first-order valence-corrected chi connectivity index (χ1v) is 20.5. The predicted octanol–water partition coefficient (Wildman–Crippen LogP) is 3.78. The Bertz CT molecular complexity index is 1200. The molecule has 4 aliphatic rings. The van der Waals surface area contributed by atoms with Gasteiger partial charge in [0.1, 0.15) is 0 Å². The monoisotopic (exact) mass is 577 g/mol. The maximum atomic E-state index is 7.80. The molecule has 0 unspecified atom stereocenters. The van der Waals surface area contributed by atoms with Crippen LogP contribution in [0.5, 0.6) is 11.5 Å². The summed E-state index contributed by atoms with van der Waals surface area (Å²) in [5, 5.41) is 0. The maximum absolute atomic E-state index is 7.80. The van der Waals surface area contributed by atoms with E-state index < -0.39 is 14.6 Å². The van der Waals surface area contributed by atoms with Crippen LogP contribution >= 0.6 is 17.9 Å². The summed E-state index contributed by atoms with van der Waals surface area (Å²) in [5.41, 5.74) is 6.37. The van der Waals surface area contributed by atoms with Crippen molar-refractivity contribution in [3.05, 3.63) is 57.6 Å². The number of likely N-dealkylation sites (N-methyl/N-ethyl adjacent to an activating group) is 1. The SMILES string of the molecule is Cc1cc(C)c2c(c1)C=[N+]1[C@@H]3CN(C)C[C@H]3[N+]3=Cc4cc(C)cc(C)c4O[Te]13(Cl)(Cl)O2. The summed E-state index contributed by atoms with van der Waals surface area (Å²) in [6.45, 7) is 9.95. The zero-order valence-corrected chi connectivity index (χ0v) is 22.2. The van der Waals surface area contributed by atoms with E-state index in [1.54, 1.807) is 0 Å². The Labute approximate surface area is 189 Å². The molecule has 0 radical (unpaired) electrons. The Morgan fingerprint density at radius 2 is 1.23 bits per heavy atom. The van der Waals surface area contributed by atoms with Gasteiger partial charge in [-0.05, 0) is 0 Å². The van der Waals surface area contributed by atoms with Crippen molar-refractivity contribution in [2.45, 2.75) is 39.8 Å². The van der Waals surface area contributed by atoms with E-state index in [2.05, 4.69) is 68.1 Å². The Morgan fingerprint density at radius 1 is 0.806 bits per heavy atom. The first-order chi connectivity index (χ1) is 14.4. The third-order valence-corrected chi connectivity index (χ3v) is 22.8. The van der Waals surface area contributed by atoms with E-state index >= 15 is 0 Å². The summed E-state index contributed by atoms with van der Waals surface area (Å²) in [5.74, 6) is 1.44. The van der Waals surface area contributed by atoms with Gasteiger partial charge in [-0.2, -0.15) is 0 Å². The van der Waals surface area contributed by atoms with Crippen molar-refractivity contribution >= 4 is 44.9 Å². The minimum absolute atomic E-state index is 0.0757. The van der Waals surface area contributed by atoms with E-state index in [0.29, 0.717) is 0 Å². The molecule has 31 heavy (non-hydrogen) atoms. The van der Waals surface area contributed by atoms with Crippen LogP contribution in [0.4, 0.5) is 0 Å². The van der Waals surface area contributed by atoms with Crippen molar-refractivity contribution in [2.75, 3.05) is 20.1 Å². The van der Waals surface area contributed by atoms with Gasteiger partial charge in [-0.25, -0.2) is 0 Å². The molecule has 6 rings (SSSR count). The Kier molecular flexibility index (Phi) is 3.68. The minimum atomic E-state index is -6.02. The number of rotatable bonds is 0. The molecule has 0 amide bonds. The number of aryl methyl sites for hydroxylation is 4. The van der Waals surface area contributed by atoms with Crippen molar-refractivity contribution < 1.29 is 11.9 Å². The van der Waals surface area contributed by atoms with E-state index in [-0.39, 0.29) is 12.1 Å². The molecule has 164 valence electrons. The molecule has 2 atom stereocenters. The summed E-state index contributed by atoms with van der Waals surface area (Å²) < 4.78 is 17.9. The van der Waals surface area contributed by atoms with Gasteiger partial charge in [0.2, 0.25) is 0 Å². The number of fused-ring (bicyclic) bond motifs is 5. The third kappa shape index (κ3) is 2.38. The van der Waals surface area contributed by atoms with Crippen LogP contribution in [0.1, 0.15) is 33.4 Å². The van der Waals surface area contributed by atoms with Crippen molar-refractivity contribution in [1.82, 2.24) is 4.90 Å². The summed E-state index contributed by atoms with van der Waals surface area (Å²) in [4.78, 5) is 2.32. The molecular weight excluding hydrogens is 549 g/mol. The Balaban J connectivity index is 1.72. The number of likely N-dealkylation sites (tertiary alicyclic amines) is 1. The fraction of sp³-hybridized carbons (Fsp3) is 0.391. The molecule has 5 nitrogen and oxygen atoms in total. The Morgan fingerprint density at radius 3 is 1.65 bits per heavy atom. The van der Waals surface area contributed by atoms with E-state index in [1.807, 2.05) is 13.8 Å². The molecule has 0 saturated carbocycles. The fourth-order valence-corrected chi connectivity index (χ4v) is 22.3. The summed E-state index contributed by atoms with van der Waals surface area (Å²) in [6, 6.07) is 8.61. The molecule has 4 heterocycles. The van der Waals surface area contributed by atoms with Crippen LogP contribution in [0, 0.1) is 27.7 Å². The molecular formula is C23H27Cl2N3O2Te+2. The van der Waals surface area contributed by atoms with Crippen molar-refractivity contribution in [1.29, 1.82) is 0 Å². The van der Waals surface area contributed by atoms with Crippen molar-refractivity contribution in [2.24, 2.45) is 0 Å². The van der Waals surface area contributed by atoms with Gasteiger partial charge in [0, 0.05) is 0 Å². The molecule has 8 heteroatoms. The van der Waals surface area contributed by atoms with Gasteiger partial charge in [-0.15, -0.1) is 0 Å². The molecule has 0 bridgehead atoms. The molecule has 2 aromatic rings. The number of benzene rings is 2. The van der Waals surface area contributed by atoms with Gasteiger partial charge in [0.25, 0.3) is 0 Å². The van der Waals surface area contributed by atoms with Gasteiger partial charge < -0.3 is 0 Å². The normalized spacial score (nSPS) is 30.3. The number of halogens is 2. The quantitative estimate of drug-likeness (QED) is 0.448. The molecule has 2 aromatic carbocycles. The van der Waals surface area contributed by atoms with Gasteiger partial charge in [0.05, 0.1) is 0 Å². The Hall–Kier alpha value is -1.29. The van der Waals surface area contributed by atoms with Crippen LogP contribution in [-0.2, 0) is 0 Å². The van der Waals surface area contributed by atoms with Crippen molar-refractivity contribution in [3.63, 3.8) is 0 Å². The molecule has 0 aliphatic carbocycles. The molecule has 1 spiro atoms. The fourth-order valence-electron chi connectivity index (χ4n) is 5.72. The zero-order valence-electron chi connectivity index (χ0n) is 18.4. The topological polar surface area (TPSA) is 27.7 Å². The predicted molar refractivity (Wildman–Crippen MR) is 126 cm³/mol. The first kappa shape index (κ1) is 20.3. The second kappa shape index (κ2) is 5.61. The standard InChI is InChI=1S/C23H27Cl2N3O2Te/c1-14-6-16(3)22-18(8-14)10-27-20-12-26(5)13-21(20)28-11-19-9-15(2)7-17(4)23(19)30-31(27,28,24,25)29-22/h6-11,20-21H,12-13H2,1-5H3/q+2/t20-,21-/m1/s1. The van der Waals surface area contributed by atoms with Crippen LogP contribution in [0.15, 0.2) is 24.3 Å². The van der Waals surface area contributed by atoms with Crippen LogP contribution in [0.2, 0.25) is 0 Å². The summed E-state index contributed by atoms with van der Waals surface area (Å²) in [6.07, 6.45) is 4.20. The van der Waals surface area contributed by atoms with Gasteiger partial charge >= 0.3 is 191 Å². The van der Waals surface area contributed by atoms with E-state index in [1.165, 1.54) is 11.1 Å². The molecule has 4 aliphatic heterocycles. The van der Waals surface area contributed by atoms with Gasteiger partial charge in [0.15, 0.2) is 0 Å². The second-order valence-electron chi connectivity index (χ2n) is 9.54. The number of nitrogens with zero attached hydrogens (tertiary/aromatic N) is 3. The molecule has 2 fully saturated rings. The van der Waals surface area contributed by atoms with Crippen LogP contribution in [-0.4, -0.2) is 69.8 Å². The third-order valence-electron chi connectivity index (χ3n) is 6.88. The van der Waals surface area contributed by atoms with Crippen molar-refractivity contribution in [3.8, 4) is 11.5 Å². The average Bonchev–Trinajstić information content (AvgIpc) is 3.09. The number of hydrogen-bond acceptors (Lipinski definition) is 3. The average molecular weight is 576 g/mol. The second-order valence-corrected chi connectivity index (χ2v) is 29.0. The summed E-state index contributed by atoms with van der Waals surface area (Å²) >= 11 is -6.02. The molecule has 0 N–H and O–H groups in total. The van der Waals surface area contributed by atoms with Crippen LogP contribution in [0.3, 0.4) is 0 Å². The first-order valence-electron chi connectivity index (χ1n) is 10.6. The van der Waals surface area contributed by atoms with Crippen LogP contribution < -0.4 is 6.20 Å². The summed E-state index contributed by atoms with van der Waals surface area (Å²) in [7, 11) is 17.7. The van der Waals surface area contributed by atoms with Gasteiger partial charge in [-0.1, -0.05) is 0 Å².